The van der Waals surface area contributed by atoms with E-state index in [1.807, 2.05) is 36.4 Å². The normalized spacial score (nSPS) is 13.4. The number of methoxy groups -OCH3 is 1. The molecule has 27 heavy (non-hydrogen) atoms. The highest BCUT2D eigenvalue weighted by Gasteiger charge is 2.13. The summed E-state index contributed by atoms with van der Waals surface area (Å²) in [4.78, 5) is 20.0. The molecular weight excluding hydrogens is 346 g/mol. The van der Waals surface area contributed by atoms with Crippen LogP contribution in [0.2, 0.25) is 0 Å². The van der Waals surface area contributed by atoms with Crippen molar-refractivity contribution in [2.75, 3.05) is 25.6 Å². The molecule has 0 aliphatic carbocycles. The Balaban J connectivity index is 1.44. The predicted octanol–water partition coefficient (Wildman–Crippen LogP) is 3.05. The topological polar surface area (TPSA) is 85.5 Å². The van der Waals surface area contributed by atoms with Crippen molar-refractivity contribution >= 4 is 22.6 Å². The van der Waals surface area contributed by atoms with E-state index >= 15 is 0 Å². The molecule has 1 aliphatic rings. The van der Waals surface area contributed by atoms with Gasteiger partial charge in [0.15, 0.2) is 11.5 Å². The third-order valence-electron chi connectivity index (χ3n) is 4.27. The zero-order valence-corrected chi connectivity index (χ0v) is 15.1. The molecule has 2 aromatic carbocycles. The Hall–Kier alpha value is -3.06. The summed E-state index contributed by atoms with van der Waals surface area (Å²) < 4.78 is 16.4. The molecule has 0 bridgehead atoms. The summed E-state index contributed by atoms with van der Waals surface area (Å²) in [7, 11) is 1.62. The number of fused-ring (bicyclic) bond motifs is 2. The lowest BCUT2D eigenvalue weighted by Gasteiger charge is -2.10. The molecule has 1 aromatic heterocycles. The fourth-order valence-corrected chi connectivity index (χ4v) is 3.05. The Labute approximate surface area is 156 Å². The highest BCUT2D eigenvalue weighted by atomic mass is 16.5. The first-order chi connectivity index (χ1) is 13.2. The van der Waals surface area contributed by atoms with Gasteiger partial charge < -0.3 is 24.5 Å². The number of imidazole rings is 1. The molecular formula is C20H21N3O4. The lowest BCUT2D eigenvalue weighted by molar-refractivity contribution is -0.115. The molecule has 0 spiro atoms. The number of hydrogen-bond donors (Lipinski definition) is 2. The minimum absolute atomic E-state index is 0.0968. The monoisotopic (exact) mass is 367 g/mol. The number of nitrogens with zero attached hydrogens (tertiary/aromatic N) is 1. The summed E-state index contributed by atoms with van der Waals surface area (Å²) in [6, 6.07) is 11.2. The average molecular weight is 367 g/mol. The van der Waals surface area contributed by atoms with E-state index < -0.39 is 0 Å². The van der Waals surface area contributed by atoms with E-state index in [1.165, 1.54) is 0 Å². The van der Waals surface area contributed by atoms with E-state index in [0.29, 0.717) is 25.6 Å². The number of amides is 1. The maximum Gasteiger partial charge on any atom is 0.228 e. The molecule has 7 nitrogen and oxygen atoms in total. The molecule has 3 aromatic rings. The van der Waals surface area contributed by atoms with Gasteiger partial charge in [0.25, 0.3) is 0 Å². The second-order valence-corrected chi connectivity index (χ2v) is 6.40. The summed E-state index contributed by atoms with van der Waals surface area (Å²) in [6.45, 7) is 1.69. The van der Waals surface area contributed by atoms with Crippen LogP contribution in [0.4, 0.5) is 5.69 Å². The number of hydrogen-bond acceptors (Lipinski definition) is 5. The van der Waals surface area contributed by atoms with Gasteiger partial charge in [-0.3, -0.25) is 4.79 Å². The van der Waals surface area contributed by atoms with Crippen LogP contribution in [0.15, 0.2) is 36.4 Å². The lowest BCUT2D eigenvalue weighted by atomic mass is 10.1. The van der Waals surface area contributed by atoms with Crippen LogP contribution in [0.5, 0.6) is 11.5 Å². The van der Waals surface area contributed by atoms with E-state index in [4.69, 9.17) is 14.2 Å². The van der Waals surface area contributed by atoms with Crippen LogP contribution in [-0.2, 0) is 22.6 Å². The first-order valence-electron chi connectivity index (χ1n) is 8.87. The van der Waals surface area contributed by atoms with Crippen LogP contribution in [-0.4, -0.2) is 36.2 Å². The number of rotatable bonds is 5. The van der Waals surface area contributed by atoms with Gasteiger partial charge in [0, 0.05) is 19.2 Å². The fourth-order valence-electron chi connectivity index (χ4n) is 3.05. The molecule has 2 heterocycles. The third-order valence-corrected chi connectivity index (χ3v) is 4.27. The number of aromatic amines is 1. The molecule has 140 valence electrons. The quantitative estimate of drug-likeness (QED) is 0.724. The Morgan fingerprint density at radius 3 is 2.89 bits per heavy atom. The van der Waals surface area contributed by atoms with Gasteiger partial charge in [-0.15, -0.1) is 0 Å². The maximum absolute atomic E-state index is 12.4. The Morgan fingerprint density at radius 2 is 2.04 bits per heavy atom. The summed E-state index contributed by atoms with van der Waals surface area (Å²) in [5.41, 5.74) is 3.29. The molecule has 0 atom stereocenters. The standard InChI is InChI=1S/C20H21N3O4/c1-25-12-19-22-15-5-4-14(11-16(15)23-19)21-20(24)10-13-3-6-17-18(9-13)27-8-2-7-26-17/h3-6,9,11H,2,7-8,10,12H2,1H3,(H,21,24)(H,22,23). The Morgan fingerprint density at radius 1 is 1.19 bits per heavy atom. The summed E-state index contributed by atoms with van der Waals surface area (Å²) in [5.74, 6) is 2.08. The van der Waals surface area contributed by atoms with Gasteiger partial charge in [-0.2, -0.15) is 0 Å². The van der Waals surface area contributed by atoms with Crippen molar-refractivity contribution < 1.29 is 19.0 Å². The van der Waals surface area contributed by atoms with Gasteiger partial charge in [0.05, 0.1) is 30.7 Å². The van der Waals surface area contributed by atoms with Crippen molar-refractivity contribution in [1.82, 2.24) is 9.97 Å². The molecule has 2 N–H and O–H groups in total. The van der Waals surface area contributed by atoms with Crippen molar-refractivity contribution in [2.45, 2.75) is 19.4 Å². The van der Waals surface area contributed by atoms with Gasteiger partial charge in [-0.25, -0.2) is 4.98 Å². The third kappa shape index (κ3) is 4.03. The van der Waals surface area contributed by atoms with Crippen LogP contribution >= 0.6 is 0 Å². The first kappa shape index (κ1) is 17.4. The number of aromatic nitrogens is 2. The highest BCUT2D eigenvalue weighted by Crippen LogP contribution is 2.30. The maximum atomic E-state index is 12.4. The number of carbonyl (C=O) groups is 1. The van der Waals surface area contributed by atoms with Gasteiger partial charge in [0.1, 0.15) is 12.4 Å². The summed E-state index contributed by atoms with van der Waals surface area (Å²) in [5, 5.41) is 2.93. The number of nitrogens with one attached hydrogen (secondary N) is 2. The molecule has 0 saturated heterocycles. The van der Waals surface area contributed by atoms with E-state index in [2.05, 4.69) is 15.3 Å². The fraction of sp³-hybridized carbons (Fsp3) is 0.300. The van der Waals surface area contributed by atoms with Crippen LogP contribution in [0.1, 0.15) is 17.8 Å². The van der Waals surface area contributed by atoms with E-state index in [9.17, 15) is 4.79 Å². The van der Waals surface area contributed by atoms with Crippen molar-refractivity contribution in [2.24, 2.45) is 0 Å². The molecule has 4 rings (SSSR count). The largest absolute Gasteiger partial charge is 0.490 e. The second kappa shape index (κ2) is 7.67. The van der Waals surface area contributed by atoms with Gasteiger partial charge in [0.2, 0.25) is 5.91 Å². The summed E-state index contributed by atoms with van der Waals surface area (Å²) in [6.07, 6.45) is 1.11. The number of ether oxygens (including phenoxy) is 3. The molecule has 1 aliphatic heterocycles. The SMILES string of the molecule is COCc1nc2ccc(NC(=O)Cc3ccc4c(c3)OCCCO4)cc2[nH]1. The Bertz CT molecular complexity index is 967. The number of H-pyrrole nitrogens is 1. The van der Waals surface area contributed by atoms with Crippen LogP contribution in [0, 0.1) is 0 Å². The molecule has 0 saturated carbocycles. The van der Waals surface area contributed by atoms with Crippen molar-refractivity contribution in [3.05, 3.63) is 47.8 Å². The van der Waals surface area contributed by atoms with Gasteiger partial charge in [-0.05, 0) is 35.9 Å². The zero-order valence-electron chi connectivity index (χ0n) is 15.1. The van der Waals surface area contributed by atoms with E-state index in [0.717, 1.165) is 40.3 Å². The molecule has 0 unspecified atom stereocenters. The van der Waals surface area contributed by atoms with Crippen molar-refractivity contribution in [3.63, 3.8) is 0 Å². The Kier molecular flexibility index (Phi) is 4.93. The average Bonchev–Trinajstić information content (AvgIpc) is 2.89. The summed E-state index contributed by atoms with van der Waals surface area (Å²) >= 11 is 0. The molecule has 0 fully saturated rings. The molecule has 0 radical (unpaired) electrons. The molecule has 7 heteroatoms. The molecule has 1 amide bonds. The smallest absolute Gasteiger partial charge is 0.228 e. The minimum Gasteiger partial charge on any atom is -0.490 e. The predicted molar refractivity (Wildman–Crippen MR) is 101 cm³/mol. The number of anilines is 1. The van der Waals surface area contributed by atoms with Crippen molar-refractivity contribution in [3.8, 4) is 11.5 Å². The van der Waals surface area contributed by atoms with Crippen LogP contribution < -0.4 is 14.8 Å². The first-order valence-corrected chi connectivity index (χ1v) is 8.87. The van der Waals surface area contributed by atoms with Gasteiger partial charge >= 0.3 is 0 Å². The van der Waals surface area contributed by atoms with Crippen molar-refractivity contribution in [1.29, 1.82) is 0 Å². The highest BCUT2D eigenvalue weighted by molar-refractivity contribution is 5.94. The second-order valence-electron chi connectivity index (χ2n) is 6.40. The minimum atomic E-state index is -0.0968. The number of benzene rings is 2. The van der Waals surface area contributed by atoms with E-state index in [-0.39, 0.29) is 12.3 Å². The number of carbonyl (C=O) groups excluding carboxylic acids is 1. The van der Waals surface area contributed by atoms with Crippen LogP contribution in [0.3, 0.4) is 0 Å². The lowest BCUT2D eigenvalue weighted by Crippen LogP contribution is -2.14. The zero-order chi connectivity index (χ0) is 18.6. The van der Waals surface area contributed by atoms with E-state index in [1.54, 1.807) is 7.11 Å². The van der Waals surface area contributed by atoms with Gasteiger partial charge in [-0.1, -0.05) is 6.07 Å². The van der Waals surface area contributed by atoms with Crippen LogP contribution in [0.25, 0.3) is 11.0 Å².